The van der Waals surface area contributed by atoms with Crippen LogP contribution in [0.15, 0.2) is 30.3 Å². The molecule has 1 heterocycles. The number of nitrogen functional groups attached to an aromatic ring is 1. The molecule has 2 rings (SSSR count). The predicted molar refractivity (Wildman–Crippen MR) is 79.2 cm³/mol. The van der Waals surface area contributed by atoms with Gasteiger partial charge in [0.1, 0.15) is 18.2 Å². The first kappa shape index (κ1) is 12.7. The number of benzene rings is 1. The van der Waals surface area contributed by atoms with Crippen LogP contribution in [0.3, 0.4) is 0 Å². The fraction of sp³-hybridized carbons (Fsp3) is 0.182. The lowest BCUT2D eigenvalue weighted by Crippen LogP contribution is -2.03. The van der Waals surface area contributed by atoms with Gasteiger partial charge in [-0.25, -0.2) is 4.98 Å². The van der Waals surface area contributed by atoms with Crippen molar-refractivity contribution < 1.29 is 8.92 Å². The zero-order valence-electron chi connectivity index (χ0n) is 8.93. The van der Waals surface area contributed by atoms with Crippen LogP contribution in [0, 0.1) is 0 Å². The molecule has 0 saturated heterocycles. The maximum atomic E-state index is 5.64. The second-order valence-electron chi connectivity index (χ2n) is 3.32. The molecule has 1 aromatic heterocycles. The first-order valence-electron chi connectivity index (χ1n) is 4.99. The molecule has 17 heavy (non-hydrogen) atoms. The summed E-state index contributed by atoms with van der Waals surface area (Å²) in [5.74, 6) is 1.29. The first-order chi connectivity index (χ1) is 8.29. The minimum absolute atomic E-state index is 0.513. The average molecular weight is 362 g/mol. The van der Waals surface area contributed by atoms with Crippen molar-refractivity contribution in [1.82, 2.24) is 4.98 Å². The summed E-state index contributed by atoms with van der Waals surface area (Å²) < 4.78 is 10.6. The molecule has 0 fully saturated rings. The van der Waals surface area contributed by atoms with Gasteiger partial charge in [0.25, 0.3) is 0 Å². The third-order valence-electron chi connectivity index (χ3n) is 2.17. The van der Waals surface area contributed by atoms with Crippen LogP contribution in [0.5, 0.6) is 5.75 Å². The number of anilines is 1. The van der Waals surface area contributed by atoms with Gasteiger partial charge in [0.15, 0.2) is 0 Å². The molecular weight excluding hydrogens is 351 g/mol. The second-order valence-corrected chi connectivity index (χ2v) is 4.76. The van der Waals surface area contributed by atoms with E-state index in [-0.39, 0.29) is 0 Å². The number of nitrogens with two attached hydrogens (primary N) is 1. The Hall–Kier alpha value is -0.730. The van der Waals surface area contributed by atoms with E-state index in [0.717, 1.165) is 16.7 Å². The molecule has 4 nitrogen and oxygen atoms in total. The second kappa shape index (κ2) is 6.27. The fourth-order valence-corrected chi connectivity index (χ4v) is 2.10. The van der Waals surface area contributed by atoms with Crippen molar-refractivity contribution in [2.24, 2.45) is 0 Å². The lowest BCUT2D eigenvalue weighted by molar-refractivity contribution is 0.241. The highest BCUT2D eigenvalue weighted by atomic mass is 127. The Balaban J connectivity index is 2.08. The molecule has 0 spiro atoms. The molecular formula is C11H11IN2O2S. The zero-order chi connectivity index (χ0) is 12.1. The highest BCUT2D eigenvalue weighted by Gasteiger charge is 1.99. The van der Waals surface area contributed by atoms with Crippen LogP contribution in [0.1, 0.15) is 0 Å². The molecule has 0 aliphatic rings. The van der Waals surface area contributed by atoms with E-state index in [1.807, 2.05) is 24.3 Å². The Morgan fingerprint density at radius 2 is 2.06 bits per heavy atom. The third kappa shape index (κ3) is 3.62. The summed E-state index contributed by atoms with van der Waals surface area (Å²) in [6.07, 6.45) is 0. The topological polar surface area (TPSA) is 57.4 Å². The van der Waals surface area contributed by atoms with Crippen molar-refractivity contribution >= 4 is 47.1 Å². The first-order valence-corrected chi connectivity index (χ1v) is 8.27. The lowest BCUT2D eigenvalue weighted by atomic mass is 10.2. The summed E-state index contributed by atoms with van der Waals surface area (Å²) in [5.41, 5.74) is 6.48. The van der Waals surface area contributed by atoms with Gasteiger partial charge in [-0.3, -0.25) is 0 Å². The summed E-state index contributed by atoms with van der Waals surface area (Å²) >= 11 is 2.07. The van der Waals surface area contributed by atoms with Gasteiger partial charge in [-0.05, 0) is 24.3 Å². The van der Waals surface area contributed by atoms with Crippen molar-refractivity contribution in [3.63, 3.8) is 0 Å². The highest BCUT2D eigenvalue weighted by Crippen LogP contribution is 2.20. The van der Waals surface area contributed by atoms with Crippen molar-refractivity contribution in [3.8, 4) is 5.75 Å². The number of pyridine rings is 1. The van der Waals surface area contributed by atoms with E-state index in [2.05, 4.69) is 26.2 Å². The number of hydrogen-bond acceptors (Lipinski definition) is 5. The molecule has 0 bridgehead atoms. The molecule has 0 amide bonds. The number of halogens is 1. The van der Waals surface area contributed by atoms with E-state index in [0.29, 0.717) is 19.0 Å². The quantitative estimate of drug-likeness (QED) is 0.503. The Morgan fingerprint density at radius 3 is 2.88 bits per heavy atom. The summed E-state index contributed by atoms with van der Waals surface area (Å²) in [6, 6.07) is 9.48. The number of aromatic nitrogens is 1. The van der Waals surface area contributed by atoms with Gasteiger partial charge in [-0.1, -0.05) is 0 Å². The van der Waals surface area contributed by atoms with E-state index in [9.17, 15) is 0 Å². The number of ether oxygens (including phenoxy) is 1. The van der Waals surface area contributed by atoms with E-state index in [4.69, 9.17) is 14.7 Å². The fourth-order valence-electron chi connectivity index (χ4n) is 1.43. The van der Waals surface area contributed by atoms with Gasteiger partial charge < -0.3 is 14.7 Å². The minimum atomic E-state index is 0.513. The Morgan fingerprint density at radius 1 is 1.24 bits per heavy atom. The number of rotatable bonds is 5. The summed E-state index contributed by atoms with van der Waals surface area (Å²) in [7, 11) is 1.30. The average Bonchev–Trinajstić information content (AvgIpc) is 2.34. The minimum Gasteiger partial charge on any atom is -0.491 e. The van der Waals surface area contributed by atoms with Gasteiger partial charge in [0, 0.05) is 32.7 Å². The molecule has 6 heteroatoms. The lowest BCUT2D eigenvalue weighted by Gasteiger charge is -2.06. The SMILES string of the molecule is Nc1ccc2ccc(OCCOSI)cc2n1. The molecule has 0 unspecified atom stereocenters. The number of nitrogens with zero attached hydrogens (tertiary/aromatic N) is 1. The smallest absolute Gasteiger partial charge is 0.124 e. The van der Waals surface area contributed by atoms with Crippen molar-refractivity contribution in [3.05, 3.63) is 30.3 Å². The molecule has 90 valence electrons. The van der Waals surface area contributed by atoms with Crippen LogP contribution in [0.2, 0.25) is 0 Å². The Bertz CT molecular complexity index is 510. The monoisotopic (exact) mass is 362 g/mol. The molecule has 0 aliphatic carbocycles. The van der Waals surface area contributed by atoms with Gasteiger partial charge in [0.2, 0.25) is 0 Å². The van der Waals surface area contributed by atoms with Crippen molar-refractivity contribution in [2.45, 2.75) is 0 Å². The third-order valence-corrected chi connectivity index (χ3v) is 3.18. The maximum absolute atomic E-state index is 5.64. The van der Waals surface area contributed by atoms with Crippen LogP contribution in [-0.4, -0.2) is 18.2 Å². The van der Waals surface area contributed by atoms with Crippen LogP contribution in [0.25, 0.3) is 10.9 Å². The molecule has 1 aromatic carbocycles. The summed E-state index contributed by atoms with van der Waals surface area (Å²) in [5, 5.41) is 1.05. The van der Waals surface area contributed by atoms with E-state index in [1.165, 1.54) is 9.21 Å². The van der Waals surface area contributed by atoms with E-state index < -0.39 is 0 Å². The van der Waals surface area contributed by atoms with E-state index in [1.54, 1.807) is 6.07 Å². The zero-order valence-corrected chi connectivity index (χ0v) is 11.9. The molecule has 2 N–H and O–H groups in total. The van der Waals surface area contributed by atoms with E-state index >= 15 is 0 Å². The summed E-state index contributed by atoms with van der Waals surface area (Å²) in [6.45, 7) is 1.07. The molecule has 0 radical (unpaired) electrons. The molecule has 0 saturated carbocycles. The standard InChI is InChI=1S/C11H11IN2O2S/c12-17-16-6-5-15-9-3-1-8-2-4-11(13)14-10(8)7-9/h1-4,7H,5-6H2,(H2,13,14). The van der Waals surface area contributed by atoms with Gasteiger partial charge >= 0.3 is 0 Å². The van der Waals surface area contributed by atoms with Crippen LogP contribution in [0.4, 0.5) is 5.82 Å². The molecule has 0 atom stereocenters. The maximum Gasteiger partial charge on any atom is 0.124 e. The van der Waals surface area contributed by atoms with Crippen LogP contribution < -0.4 is 10.5 Å². The van der Waals surface area contributed by atoms with Crippen molar-refractivity contribution in [2.75, 3.05) is 18.9 Å². The van der Waals surface area contributed by atoms with Gasteiger partial charge in [-0.2, -0.15) is 0 Å². The normalized spacial score (nSPS) is 10.6. The number of fused-ring (bicyclic) bond motifs is 1. The summed E-state index contributed by atoms with van der Waals surface area (Å²) in [4.78, 5) is 4.24. The Labute approximate surface area is 116 Å². The van der Waals surface area contributed by atoms with Gasteiger partial charge in [-0.15, -0.1) is 0 Å². The highest BCUT2D eigenvalue weighted by molar-refractivity contribution is 14.2. The van der Waals surface area contributed by atoms with Gasteiger partial charge in [0.05, 0.1) is 21.3 Å². The predicted octanol–water partition coefficient (Wildman–Crippen LogP) is 3.21. The molecule has 2 aromatic rings. The van der Waals surface area contributed by atoms with Crippen LogP contribution in [-0.2, 0) is 4.18 Å². The number of hydrogen-bond donors (Lipinski definition) is 1. The largest absolute Gasteiger partial charge is 0.491 e. The van der Waals surface area contributed by atoms with Crippen LogP contribution >= 0.6 is 30.4 Å². The molecule has 0 aliphatic heterocycles. The Kier molecular flexibility index (Phi) is 4.69. The van der Waals surface area contributed by atoms with Crippen molar-refractivity contribution in [1.29, 1.82) is 0 Å².